The van der Waals surface area contributed by atoms with Crippen LogP contribution in [-0.4, -0.2) is 169 Å². The van der Waals surface area contributed by atoms with Crippen molar-refractivity contribution in [2.24, 2.45) is 5.92 Å². The Hall–Kier alpha value is -5.59. The van der Waals surface area contributed by atoms with Crippen molar-refractivity contribution in [1.82, 2.24) is 26.6 Å². The number of carbonyl (C=O) groups is 11. The second kappa shape index (κ2) is 47.6. The van der Waals surface area contributed by atoms with Crippen LogP contribution in [0.2, 0.25) is 0 Å². The van der Waals surface area contributed by atoms with Crippen molar-refractivity contribution < 1.29 is 92.1 Å². The fourth-order valence-electron chi connectivity index (χ4n) is 7.83. The topological polar surface area (TPSA) is 366 Å². The summed E-state index contributed by atoms with van der Waals surface area (Å²) in [6, 6.07) is -4.01. The summed E-state index contributed by atoms with van der Waals surface area (Å²) in [5.41, 5.74) is 0. The van der Waals surface area contributed by atoms with E-state index in [4.69, 9.17) is 24.1 Å². The van der Waals surface area contributed by atoms with Crippen molar-refractivity contribution in [3.05, 3.63) is 0 Å². The lowest BCUT2D eigenvalue weighted by Gasteiger charge is -2.17. The molecule has 0 heterocycles. The van der Waals surface area contributed by atoms with Gasteiger partial charge in [-0.2, -0.15) is 0 Å². The quantitative estimate of drug-likeness (QED) is 0.0388. The minimum absolute atomic E-state index is 0.00277. The number of carboxylic acid groups (broad SMARTS) is 4. The number of carbonyl (C=O) groups excluding carboxylic acids is 7. The fraction of sp³-hybridized carbons (Fsp3) is 0.792. The van der Waals surface area contributed by atoms with Gasteiger partial charge >= 0.3 is 23.9 Å². The monoisotopic (exact) mass is 1100 g/mol. The smallest absolute Gasteiger partial charge is 0.326 e. The van der Waals surface area contributed by atoms with E-state index in [9.17, 15) is 68.1 Å². The maximum absolute atomic E-state index is 12.5. The number of hydrogen-bond acceptors (Lipinski definition) is 15. The highest BCUT2D eigenvalue weighted by Crippen LogP contribution is 2.15. The van der Waals surface area contributed by atoms with Gasteiger partial charge in [0.2, 0.25) is 29.5 Å². The van der Waals surface area contributed by atoms with Crippen LogP contribution in [0.25, 0.3) is 0 Å². The Morgan fingerprint density at radius 3 is 1.31 bits per heavy atom. The van der Waals surface area contributed by atoms with Crippen molar-refractivity contribution in [2.45, 2.75) is 199 Å². The molecule has 5 amide bonds. The summed E-state index contributed by atoms with van der Waals surface area (Å²) in [5.74, 6) is -7.46. The normalized spacial score (nSPS) is 12.6. The maximum Gasteiger partial charge on any atom is 0.326 e. The summed E-state index contributed by atoms with van der Waals surface area (Å²) >= 11 is 0. The molecule has 0 fully saturated rings. The van der Waals surface area contributed by atoms with E-state index in [0.717, 1.165) is 89.9 Å². The Morgan fingerprint density at radius 2 is 0.805 bits per heavy atom. The predicted molar refractivity (Wildman–Crippen MR) is 281 cm³/mol. The number of amides is 5. The third-order valence-corrected chi connectivity index (χ3v) is 12.4. The molecule has 0 radical (unpaired) electrons. The molecule has 0 aliphatic rings. The number of Topliss-reactive ketones (excluding diaryl/α,β-unsaturated/α-hetero) is 2. The maximum atomic E-state index is 12.5. The lowest BCUT2D eigenvalue weighted by atomic mass is 9.95. The Kier molecular flexibility index (Phi) is 44.2. The Balaban J connectivity index is 3.99. The summed E-state index contributed by atoms with van der Waals surface area (Å²) in [6.45, 7) is 3.93. The Labute approximate surface area is 453 Å². The Morgan fingerprint density at radius 1 is 0.377 bits per heavy atom. The van der Waals surface area contributed by atoms with E-state index in [1.807, 2.05) is 6.92 Å². The van der Waals surface area contributed by atoms with Crippen molar-refractivity contribution >= 4 is 65.0 Å². The molecular formula is C53H91N5O19. The zero-order valence-corrected chi connectivity index (χ0v) is 45.7. The van der Waals surface area contributed by atoms with Crippen LogP contribution in [0.1, 0.15) is 181 Å². The first-order chi connectivity index (χ1) is 36.9. The van der Waals surface area contributed by atoms with Gasteiger partial charge in [-0.05, 0) is 64.7 Å². The standard InChI is InChI=1S/C53H91N5O19/c1-3-40(39(2)59)19-16-17-29-54-45(61)27-25-43(52(70)71)57-47(63)28-26-44(53(72)73)58-49(65)38-77-36-34-75-32-30-55-48(64)37-76-35-33-74-31-18-20-41(60)23-24-42(51(68)69)56-46(62)21-14-12-10-8-6-4-5-7-9-11-13-15-22-50(66)67/h40,42-44H,3-38H2,1-2H3,(H,54,61)(H,55,64)(H,56,62)(H,57,63)(H,58,65)(H,66,67)(H,68,69)(H,70,71)(H,72,73)/t40-,42-,43-,44-/m0/s1. The Bertz CT molecular complexity index is 1750. The van der Waals surface area contributed by atoms with Crippen molar-refractivity contribution in [2.75, 3.05) is 65.9 Å². The first-order valence-electron chi connectivity index (χ1n) is 27.5. The van der Waals surface area contributed by atoms with E-state index in [1.54, 1.807) is 6.92 Å². The van der Waals surface area contributed by atoms with E-state index in [1.165, 1.54) is 0 Å². The third kappa shape index (κ3) is 44.1. The SMILES string of the molecule is CC[C@@H](CCCCNC(=O)CC[C@H](NC(=O)CC[C@H](NC(=O)COCCOCCNC(=O)COCCOCCCC(=O)CC[C@H](NC(=O)CCCCCCCCCCCCCCC(=O)O)C(=O)O)C(=O)O)C(=O)O)C(C)=O. The van der Waals surface area contributed by atoms with Crippen LogP contribution in [0.4, 0.5) is 0 Å². The van der Waals surface area contributed by atoms with Gasteiger partial charge in [0, 0.05) is 64.1 Å². The highest BCUT2D eigenvalue weighted by Gasteiger charge is 2.25. The van der Waals surface area contributed by atoms with Gasteiger partial charge in [-0.15, -0.1) is 0 Å². The van der Waals surface area contributed by atoms with E-state index in [0.29, 0.717) is 25.8 Å². The van der Waals surface area contributed by atoms with Crippen molar-refractivity contribution in [3.8, 4) is 0 Å². The molecule has 77 heavy (non-hydrogen) atoms. The highest BCUT2D eigenvalue weighted by molar-refractivity contribution is 5.87. The molecule has 0 aromatic heterocycles. The molecule has 9 N–H and O–H groups in total. The first kappa shape index (κ1) is 71.4. The van der Waals surface area contributed by atoms with Crippen LogP contribution in [0.3, 0.4) is 0 Å². The first-order valence-corrected chi connectivity index (χ1v) is 27.5. The molecule has 24 heteroatoms. The van der Waals surface area contributed by atoms with Crippen LogP contribution < -0.4 is 26.6 Å². The third-order valence-electron chi connectivity index (χ3n) is 12.4. The zero-order valence-electron chi connectivity index (χ0n) is 45.7. The summed E-state index contributed by atoms with van der Waals surface area (Å²) in [5, 5.41) is 49.6. The van der Waals surface area contributed by atoms with Crippen LogP contribution in [0.15, 0.2) is 0 Å². The number of ketones is 2. The molecule has 0 saturated heterocycles. The largest absolute Gasteiger partial charge is 0.481 e. The minimum atomic E-state index is -1.47. The lowest BCUT2D eigenvalue weighted by Crippen LogP contribution is -2.45. The van der Waals surface area contributed by atoms with E-state index in [-0.39, 0.29) is 128 Å². The molecule has 24 nitrogen and oxygen atoms in total. The highest BCUT2D eigenvalue weighted by atomic mass is 16.5. The molecule has 0 unspecified atom stereocenters. The minimum Gasteiger partial charge on any atom is -0.481 e. The van der Waals surface area contributed by atoms with E-state index < -0.39 is 78.7 Å². The molecule has 0 aromatic carbocycles. The molecule has 442 valence electrons. The van der Waals surface area contributed by atoms with Crippen molar-refractivity contribution in [3.63, 3.8) is 0 Å². The van der Waals surface area contributed by atoms with Crippen LogP contribution in [0, 0.1) is 5.92 Å². The summed E-state index contributed by atoms with van der Waals surface area (Å²) < 4.78 is 21.3. The average Bonchev–Trinajstić information content (AvgIpc) is 3.37. The van der Waals surface area contributed by atoms with Gasteiger partial charge in [0.05, 0.1) is 33.0 Å². The summed E-state index contributed by atoms with van der Waals surface area (Å²) in [7, 11) is 0. The molecule has 0 spiro atoms. The van der Waals surface area contributed by atoms with Gasteiger partial charge in [-0.3, -0.25) is 38.4 Å². The second-order valence-corrected chi connectivity index (χ2v) is 19.0. The number of rotatable bonds is 54. The average molecular weight is 1100 g/mol. The van der Waals surface area contributed by atoms with Gasteiger partial charge in [-0.1, -0.05) is 77.6 Å². The van der Waals surface area contributed by atoms with Crippen molar-refractivity contribution in [1.29, 1.82) is 0 Å². The van der Waals surface area contributed by atoms with Gasteiger partial charge in [-0.25, -0.2) is 14.4 Å². The lowest BCUT2D eigenvalue weighted by molar-refractivity contribution is -0.144. The van der Waals surface area contributed by atoms with Crippen LogP contribution >= 0.6 is 0 Å². The molecule has 0 aliphatic carbocycles. The summed E-state index contributed by atoms with van der Waals surface area (Å²) in [4.78, 5) is 131. The molecule has 0 saturated carbocycles. The van der Waals surface area contributed by atoms with Gasteiger partial charge in [0.25, 0.3) is 0 Å². The number of aliphatic carboxylic acids is 4. The molecule has 0 rings (SSSR count). The number of ether oxygens (including phenoxy) is 4. The van der Waals surface area contributed by atoms with E-state index in [2.05, 4.69) is 26.6 Å². The molecular weight excluding hydrogens is 1010 g/mol. The number of carboxylic acids is 4. The molecule has 4 atom stereocenters. The van der Waals surface area contributed by atoms with Gasteiger partial charge < -0.3 is 66.0 Å². The molecule has 0 aromatic rings. The number of unbranched alkanes of at least 4 members (excludes halogenated alkanes) is 12. The number of nitrogens with one attached hydrogen (secondary N) is 5. The van der Waals surface area contributed by atoms with Gasteiger partial charge in [0.15, 0.2) is 0 Å². The van der Waals surface area contributed by atoms with Crippen LogP contribution in [0.5, 0.6) is 0 Å². The molecule has 0 bridgehead atoms. The zero-order chi connectivity index (χ0) is 57.5. The van der Waals surface area contributed by atoms with E-state index >= 15 is 0 Å². The molecule has 0 aliphatic heterocycles. The number of hydrogen-bond donors (Lipinski definition) is 9. The summed E-state index contributed by atoms with van der Waals surface area (Å²) in [6.07, 6.45) is 14.9. The fourth-order valence-corrected chi connectivity index (χ4v) is 7.83. The predicted octanol–water partition coefficient (Wildman–Crippen LogP) is 4.01. The second-order valence-electron chi connectivity index (χ2n) is 19.0. The van der Waals surface area contributed by atoms with Gasteiger partial charge in [0.1, 0.15) is 42.9 Å². The van der Waals surface area contributed by atoms with Crippen LogP contribution in [-0.2, 0) is 71.7 Å².